The zero-order valence-electron chi connectivity index (χ0n) is 12.7. The van der Waals surface area contributed by atoms with Gasteiger partial charge in [-0.15, -0.1) is 6.58 Å². The molecule has 116 valence electrons. The fraction of sp³-hybridized carbons (Fsp3) is 0.800. The van der Waals surface area contributed by atoms with Crippen molar-refractivity contribution in [1.29, 1.82) is 0 Å². The molecule has 0 aliphatic carbocycles. The molecule has 0 aromatic heterocycles. The van der Waals surface area contributed by atoms with Crippen molar-refractivity contribution in [3.8, 4) is 0 Å². The van der Waals surface area contributed by atoms with E-state index in [2.05, 4.69) is 17.2 Å². The Hall–Kier alpha value is -0.910. The zero-order valence-corrected chi connectivity index (χ0v) is 12.7. The van der Waals surface area contributed by atoms with Gasteiger partial charge in [-0.1, -0.05) is 6.08 Å². The Morgan fingerprint density at radius 3 is 2.80 bits per heavy atom. The summed E-state index contributed by atoms with van der Waals surface area (Å²) in [4.78, 5) is 12.0. The van der Waals surface area contributed by atoms with Crippen LogP contribution in [0.2, 0.25) is 0 Å². The monoisotopic (exact) mass is 284 g/mol. The summed E-state index contributed by atoms with van der Waals surface area (Å²) in [6.45, 7) is 9.23. The van der Waals surface area contributed by atoms with Gasteiger partial charge in [-0.2, -0.15) is 0 Å². The first-order valence-corrected chi connectivity index (χ1v) is 7.33. The molecule has 1 fully saturated rings. The summed E-state index contributed by atoms with van der Waals surface area (Å²) in [5, 5.41) is 6.35. The fourth-order valence-corrected chi connectivity index (χ4v) is 2.46. The molecule has 0 radical (unpaired) electrons. The van der Waals surface area contributed by atoms with Gasteiger partial charge in [0.05, 0.1) is 13.2 Å². The number of piperidine rings is 1. The zero-order chi connectivity index (χ0) is 14.8. The first-order valence-electron chi connectivity index (χ1n) is 7.33. The SMILES string of the molecule is C=CCCOC(C)C(=O)NCC1(COC)CCNCC1. The van der Waals surface area contributed by atoms with Crippen LogP contribution in [0.1, 0.15) is 26.2 Å². The largest absolute Gasteiger partial charge is 0.384 e. The van der Waals surface area contributed by atoms with Crippen molar-refractivity contribution in [2.24, 2.45) is 5.41 Å². The van der Waals surface area contributed by atoms with Gasteiger partial charge >= 0.3 is 0 Å². The maximum atomic E-state index is 12.0. The van der Waals surface area contributed by atoms with E-state index in [1.54, 1.807) is 20.1 Å². The van der Waals surface area contributed by atoms with E-state index in [0.717, 1.165) is 32.4 Å². The number of ether oxygens (including phenoxy) is 2. The lowest BCUT2D eigenvalue weighted by Crippen LogP contribution is -2.48. The minimum Gasteiger partial charge on any atom is -0.384 e. The van der Waals surface area contributed by atoms with Crippen LogP contribution in [0.4, 0.5) is 0 Å². The number of rotatable bonds is 9. The lowest BCUT2D eigenvalue weighted by Gasteiger charge is -2.37. The highest BCUT2D eigenvalue weighted by molar-refractivity contribution is 5.80. The summed E-state index contributed by atoms with van der Waals surface area (Å²) >= 11 is 0. The first kappa shape index (κ1) is 17.1. The maximum Gasteiger partial charge on any atom is 0.248 e. The molecule has 0 saturated carbocycles. The molecule has 0 spiro atoms. The molecule has 0 bridgehead atoms. The van der Waals surface area contributed by atoms with Crippen LogP contribution in [-0.2, 0) is 14.3 Å². The third-order valence-corrected chi connectivity index (χ3v) is 3.81. The van der Waals surface area contributed by atoms with Crippen LogP contribution >= 0.6 is 0 Å². The van der Waals surface area contributed by atoms with E-state index in [9.17, 15) is 4.79 Å². The Labute approximate surface area is 122 Å². The molecule has 0 aromatic rings. The van der Waals surface area contributed by atoms with E-state index in [4.69, 9.17) is 9.47 Å². The molecule has 1 unspecified atom stereocenters. The fourth-order valence-electron chi connectivity index (χ4n) is 2.46. The molecule has 1 aliphatic heterocycles. The minimum absolute atomic E-state index is 0.0521. The number of hydrogen-bond acceptors (Lipinski definition) is 4. The number of methoxy groups -OCH3 is 1. The maximum absolute atomic E-state index is 12.0. The number of amides is 1. The molecular formula is C15H28N2O3. The Morgan fingerprint density at radius 2 is 2.20 bits per heavy atom. The number of carbonyl (C=O) groups excluding carboxylic acids is 1. The van der Waals surface area contributed by atoms with E-state index in [1.807, 2.05) is 0 Å². The van der Waals surface area contributed by atoms with E-state index >= 15 is 0 Å². The summed E-state index contributed by atoms with van der Waals surface area (Å²) in [6.07, 6.45) is 4.17. The van der Waals surface area contributed by atoms with Gasteiger partial charge in [-0.05, 0) is 39.3 Å². The van der Waals surface area contributed by atoms with Gasteiger partial charge in [0.25, 0.3) is 0 Å². The highest BCUT2D eigenvalue weighted by atomic mass is 16.5. The molecular weight excluding hydrogens is 256 g/mol. The third-order valence-electron chi connectivity index (χ3n) is 3.81. The molecule has 0 aromatic carbocycles. The molecule has 1 amide bonds. The van der Waals surface area contributed by atoms with Crippen molar-refractivity contribution in [2.75, 3.05) is 40.0 Å². The molecule has 1 heterocycles. The summed E-state index contributed by atoms with van der Waals surface area (Å²) in [6, 6.07) is 0. The van der Waals surface area contributed by atoms with Gasteiger partial charge in [0.15, 0.2) is 0 Å². The van der Waals surface area contributed by atoms with Crippen molar-refractivity contribution >= 4 is 5.91 Å². The van der Waals surface area contributed by atoms with Crippen molar-refractivity contribution in [1.82, 2.24) is 10.6 Å². The average Bonchev–Trinajstić information content (AvgIpc) is 2.46. The predicted molar refractivity (Wildman–Crippen MR) is 79.7 cm³/mol. The van der Waals surface area contributed by atoms with Crippen LogP contribution in [-0.4, -0.2) is 52.0 Å². The summed E-state index contributed by atoms with van der Waals surface area (Å²) in [7, 11) is 1.71. The van der Waals surface area contributed by atoms with Crippen molar-refractivity contribution in [2.45, 2.75) is 32.3 Å². The Bertz CT molecular complexity index is 296. The molecule has 1 atom stereocenters. The first-order chi connectivity index (χ1) is 9.63. The molecule has 20 heavy (non-hydrogen) atoms. The van der Waals surface area contributed by atoms with Gasteiger partial charge in [0, 0.05) is 19.1 Å². The normalized spacial score (nSPS) is 19.3. The summed E-state index contributed by atoms with van der Waals surface area (Å²) in [5.41, 5.74) is 0.0521. The Balaban J connectivity index is 2.37. The summed E-state index contributed by atoms with van der Waals surface area (Å²) in [5.74, 6) is -0.0527. The lowest BCUT2D eigenvalue weighted by molar-refractivity contribution is -0.132. The second-order valence-electron chi connectivity index (χ2n) is 5.49. The topological polar surface area (TPSA) is 59.6 Å². The highest BCUT2D eigenvalue weighted by Crippen LogP contribution is 2.28. The standard InChI is InChI=1S/C15H28N2O3/c1-4-5-10-20-13(2)14(18)17-11-15(12-19-3)6-8-16-9-7-15/h4,13,16H,1,5-12H2,2-3H3,(H,17,18). The van der Waals surface area contributed by atoms with Crippen LogP contribution in [0.5, 0.6) is 0 Å². The third kappa shape index (κ3) is 5.61. The Morgan fingerprint density at radius 1 is 1.50 bits per heavy atom. The Kier molecular flexibility index (Phi) is 7.80. The van der Waals surface area contributed by atoms with Gasteiger partial charge in [-0.25, -0.2) is 0 Å². The highest BCUT2D eigenvalue weighted by Gasteiger charge is 2.32. The van der Waals surface area contributed by atoms with Gasteiger partial charge in [-0.3, -0.25) is 4.79 Å². The van der Waals surface area contributed by atoms with Crippen LogP contribution in [0.25, 0.3) is 0 Å². The van der Waals surface area contributed by atoms with E-state index in [1.165, 1.54) is 0 Å². The quantitative estimate of drug-likeness (QED) is 0.492. The van der Waals surface area contributed by atoms with Crippen LogP contribution in [0.15, 0.2) is 12.7 Å². The summed E-state index contributed by atoms with van der Waals surface area (Å²) < 4.78 is 10.8. The van der Waals surface area contributed by atoms with Crippen LogP contribution in [0, 0.1) is 5.41 Å². The average molecular weight is 284 g/mol. The van der Waals surface area contributed by atoms with Gasteiger partial charge < -0.3 is 20.1 Å². The number of hydrogen-bond donors (Lipinski definition) is 2. The van der Waals surface area contributed by atoms with Gasteiger partial charge in [0.1, 0.15) is 6.10 Å². The number of nitrogens with one attached hydrogen (secondary N) is 2. The van der Waals surface area contributed by atoms with Crippen molar-refractivity contribution in [3.63, 3.8) is 0 Å². The van der Waals surface area contributed by atoms with E-state index < -0.39 is 6.10 Å². The molecule has 5 heteroatoms. The van der Waals surface area contributed by atoms with E-state index in [-0.39, 0.29) is 11.3 Å². The van der Waals surface area contributed by atoms with Gasteiger partial charge in [0.2, 0.25) is 5.91 Å². The predicted octanol–water partition coefficient (Wildman–Crippen LogP) is 1.10. The van der Waals surface area contributed by atoms with Crippen molar-refractivity contribution in [3.05, 3.63) is 12.7 Å². The molecule has 1 rings (SSSR count). The molecule has 5 nitrogen and oxygen atoms in total. The second kappa shape index (κ2) is 9.10. The second-order valence-corrected chi connectivity index (χ2v) is 5.49. The number of carbonyl (C=O) groups is 1. The van der Waals surface area contributed by atoms with Crippen molar-refractivity contribution < 1.29 is 14.3 Å². The smallest absolute Gasteiger partial charge is 0.248 e. The molecule has 1 aliphatic rings. The lowest BCUT2D eigenvalue weighted by atomic mass is 9.79. The minimum atomic E-state index is -0.420. The molecule has 1 saturated heterocycles. The van der Waals surface area contributed by atoms with Crippen LogP contribution in [0.3, 0.4) is 0 Å². The van der Waals surface area contributed by atoms with Crippen LogP contribution < -0.4 is 10.6 Å². The van der Waals surface area contributed by atoms with E-state index in [0.29, 0.717) is 19.8 Å². The molecule has 2 N–H and O–H groups in total.